The van der Waals surface area contributed by atoms with Gasteiger partial charge in [-0.05, 0) is 42.8 Å². The van der Waals surface area contributed by atoms with Crippen LogP contribution in [0.4, 0.5) is 23.2 Å². The maximum Gasteiger partial charge on any atom is 0.387 e. The molecular weight excluding hydrogens is 398 g/mol. The Kier molecular flexibility index (Phi) is 7.18. The number of nitrogens with one attached hydrogen (secondary N) is 1. The molecule has 0 heterocycles. The number of benzene rings is 2. The van der Waals surface area contributed by atoms with Crippen LogP contribution in [0.5, 0.6) is 11.5 Å². The third kappa shape index (κ3) is 6.23. The summed E-state index contributed by atoms with van der Waals surface area (Å²) in [5.74, 6) is -3.10. The zero-order chi connectivity index (χ0) is 21.6. The number of carboxylic acid groups (broad SMARTS) is 1. The Morgan fingerprint density at radius 1 is 1.00 bits per heavy atom. The van der Waals surface area contributed by atoms with Gasteiger partial charge in [0, 0.05) is 5.57 Å². The summed E-state index contributed by atoms with van der Waals surface area (Å²) in [5, 5.41) is 11.6. The predicted molar refractivity (Wildman–Crippen MR) is 95.4 cm³/mol. The number of para-hydroxylation sites is 1. The lowest BCUT2D eigenvalue weighted by molar-refractivity contribution is -0.112. The van der Waals surface area contributed by atoms with E-state index in [1.165, 1.54) is 43.3 Å². The number of carbonyl (C=O) groups is 2. The molecule has 29 heavy (non-hydrogen) atoms. The number of aromatic carboxylic acids is 1. The first-order valence-corrected chi connectivity index (χ1v) is 8.03. The number of hydrogen-bond acceptors (Lipinski definition) is 4. The van der Waals surface area contributed by atoms with Gasteiger partial charge in [-0.25, -0.2) is 4.79 Å². The predicted octanol–water partition coefficient (Wildman–Crippen LogP) is 4.63. The SMILES string of the molecule is C/C(=C\c1ccc(OC(F)F)c(OC(F)F)c1)C(=O)Nc1ccccc1C(=O)O. The number of halogens is 4. The molecule has 1 amide bonds. The number of anilines is 1. The standard InChI is InChI=1S/C19H15F4NO5/c1-10(16(25)24-13-5-3-2-4-12(13)17(26)27)8-11-6-7-14(28-18(20)21)15(9-11)29-19(22)23/h2-9,18-19H,1H3,(H,24,25)(H,26,27)/b10-8+. The Morgan fingerprint density at radius 2 is 1.62 bits per heavy atom. The van der Waals surface area contributed by atoms with Crippen LogP contribution < -0.4 is 14.8 Å². The van der Waals surface area contributed by atoms with Crippen molar-refractivity contribution in [1.82, 2.24) is 0 Å². The van der Waals surface area contributed by atoms with Crippen molar-refractivity contribution in [2.75, 3.05) is 5.32 Å². The molecule has 0 aliphatic carbocycles. The van der Waals surface area contributed by atoms with Crippen molar-refractivity contribution in [3.05, 3.63) is 59.2 Å². The molecule has 0 aliphatic heterocycles. The zero-order valence-electron chi connectivity index (χ0n) is 14.9. The lowest BCUT2D eigenvalue weighted by Gasteiger charge is -2.12. The molecule has 0 atom stereocenters. The second kappa shape index (κ2) is 9.58. The number of rotatable bonds is 8. The summed E-state index contributed by atoms with van der Waals surface area (Å²) in [4.78, 5) is 23.5. The summed E-state index contributed by atoms with van der Waals surface area (Å²) in [6.45, 7) is -5.11. The van der Waals surface area contributed by atoms with Crippen LogP contribution in [-0.4, -0.2) is 30.2 Å². The van der Waals surface area contributed by atoms with Crippen molar-refractivity contribution in [2.24, 2.45) is 0 Å². The van der Waals surface area contributed by atoms with E-state index in [0.29, 0.717) is 0 Å². The average molecular weight is 413 g/mol. The maximum absolute atomic E-state index is 12.5. The molecule has 0 fully saturated rings. The second-order valence-corrected chi connectivity index (χ2v) is 5.60. The zero-order valence-corrected chi connectivity index (χ0v) is 14.9. The Hall–Kier alpha value is -3.56. The number of hydrogen-bond donors (Lipinski definition) is 2. The summed E-state index contributed by atoms with van der Waals surface area (Å²) in [5.41, 5.74) is 0.243. The van der Waals surface area contributed by atoms with Gasteiger partial charge in [-0.15, -0.1) is 0 Å². The largest absolute Gasteiger partial charge is 0.478 e. The lowest BCUT2D eigenvalue weighted by atomic mass is 10.1. The van der Waals surface area contributed by atoms with Crippen molar-refractivity contribution in [2.45, 2.75) is 20.1 Å². The van der Waals surface area contributed by atoms with Gasteiger partial charge in [-0.1, -0.05) is 18.2 Å². The summed E-state index contributed by atoms with van der Waals surface area (Å²) >= 11 is 0. The number of alkyl halides is 4. The van der Waals surface area contributed by atoms with Crippen LogP contribution in [0.1, 0.15) is 22.8 Å². The molecule has 154 valence electrons. The molecule has 0 saturated carbocycles. The highest BCUT2D eigenvalue weighted by Gasteiger charge is 2.16. The first-order chi connectivity index (χ1) is 13.7. The molecule has 0 aliphatic rings. The van der Waals surface area contributed by atoms with E-state index in [1.54, 1.807) is 0 Å². The molecule has 6 nitrogen and oxygen atoms in total. The summed E-state index contributed by atoms with van der Waals surface area (Å²) in [7, 11) is 0. The topological polar surface area (TPSA) is 84.9 Å². The third-order valence-corrected chi connectivity index (χ3v) is 3.55. The highest BCUT2D eigenvalue weighted by Crippen LogP contribution is 2.32. The van der Waals surface area contributed by atoms with Gasteiger partial charge in [0.05, 0.1) is 11.3 Å². The Bertz CT molecular complexity index is 931. The molecule has 0 aromatic heterocycles. The van der Waals surface area contributed by atoms with Gasteiger partial charge in [-0.2, -0.15) is 17.6 Å². The highest BCUT2D eigenvalue weighted by atomic mass is 19.3. The van der Waals surface area contributed by atoms with Gasteiger partial charge >= 0.3 is 19.2 Å². The quantitative estimate of drug-likeness (QED) is 0.487. The average Bonchev–Trinajstić information content (AvgIpc) is 2.63. The van der Waals surface area contributed by atoms with E-state index in [0.717, 1.165) is 12.1 Å². The molecule has 2 aromatic carbocycles. The molecule has 0 bridgehead atoms. The van der Waals surface area contributed by atoms with E-state index in [2.05, 4.69) is 14.8 Å². The van der Waals surface area contributed by atoms with Crippen molar-refractivity contribution >= 4 is 23.6 Å². The monoisotopic (exact) mass is 413 g/mol. The van der Waals surface area contributed by atoms with Gasteiger partial charge < -0.3 is 19.9 Å². The van der Waals surface area contributed by atoms with Crippen LogP contribution in [-0.2, 0) is 4.79 Å². The van der Waals surface area contributed by atoms with Gasteiger partial charge in [0.15, 0.2) is 11.5 Å². The summed E-state index contributed by atoms with van der Waals surface area (Å²) in [6.07, 6.45) is 1.28. The molecule has 2 aromatic rings. The minimum absolute atomic E-state index is 0.0696. The van der Waals surface area contributed by atoms with Crippen LogP contribution >= 0.6 is 0 Å². The number of amides is 1. The van der Waals surface area contributed by atoms with Crippen LogP contribution in [0.25, 0.3) is 6.08 Å². The maximum atomic E-state index is 12.5. The fourth-order valence-corrected chi connectivity index (χ4v) is 2.31. The minimum atomic E-state index is -3.27. The highest BCUT2D eigenvalue weighted by molar-refractivity contribution is 6.09. The first kappa shape index (κ1) is 21.7. The van der Waals surface area contributed by atoms with Crippen LogP contribution in [0.2, 0.25) is 0 Å². The Morgan fingerprint density at radius 3 is 2.24 bits per heavy atom. The van der Waals surface area contributed by atoms with E-state index in [9.17, 15) is 27.2 Å². The number of ether oxygens (including phenoxy) is 2. The van der Waals surface area contributed by atoms with Gasteiger partial charge in [0.2, 0.25) is 0 Å². The Labute approximate surface area is 162 Å². The van der Waals surface area contributed by atoms with Crippen molar-refractivity contribution in [3.63, 3.8) is 0 Å². The molecule has 0 radical (unpaired) electrons. The molecule has 2 N–H and O–H groups in total. The molecular formula is C19H15F4NO5. The molecule has 2 rings (SSSR count). The molecule has 0 unspecified atom stereocenters. The normalized spacial score (nSPS) is 11.5. The molecule has 0 spiro atoms. The van der Waals surface area contributed by atoms with Crippen molar-refractivity contribution in [3.8, 4) is 11.5 Å². The summed E-state index contributed by atoms with van der Waals surface area (Å²) in [6, 6.07) is 9.02. The van der Waals surface area contributed by atoms with E-state index in [1.807, 2.05) is 0 Å². The van der Waals surface area contributed by atoms with Crippen molar-refractivity contribution in [1.29, 1.82) is 0 Å². The fourth-order valence-electron chi connectivity index (χ4n) is 2.31. The molecule has 0 saturated heterocycles. The van der Waals surface area contributed by atoms with E-state index in [4.69, 9.17) is 5.11 Å². The lowest BCUT2D eigenvalue weighted by Crippen LogP contribution is -2.15. The van der Waals surface area contributed by atoms with Gasteiger partial charge in [0.1, 0.15) is 0 Å². The van der Waals surface area contributed by atoms with Gasteiger partial charge in [-0.3, -0.25) is 4.79 Å². The summed E-state index contributed by atoms with van der Waals surface area (Å²) < 4.78 is 58.1. The van der Waals surface area contributed by atoms with Crippen LogP contribution in [0.15, 0.2) is 48.0 Å². The smallest absolute Gasteiger partial charge is 0.387 e. The Balaban J connectivity index is 2.26. The number of carbonyl (C=O) groups excluding carboxylic acids is 1. The molecule has 10 heteroatoms. The second-order valence-electron chi connectivity index (χ2n) is 5.60. The van der Waals surface area contributed by atoms with Crippen LogP contribution in [0, 0.1) is 0 Å². The van der Waals surface area contributed by atoms with Crippen LogP contribution in [0.3, 0.4) is 0 Å². The van der Waals surface area contributed by atoms with Crippen molar-refractivity contribution < 1.29 is 41.7 Å². The first-order valence-electron chi connectivity index (χ1n) is 8.03. The minimum Gasteiger partial charge on any atom is -0.478 e. The van der Waals surface area contributed by atoms with Gasteiger partial charge in [0.25, 0.3) is 5.91 Å². The van der Waals surface area contributed by atoms with E-state index in [-0.39, 0.29) is 22.4 Å². The number of carboxylic acids is 1. The third-order valence-electron chi connectivity index (χ3n) is 3.55. The van der Waals surface area contributed by atoms with E-state index < -0.39 is 36.6 Å². The van der Waals surface area contributed by atoms with E-state index >= 15 is 0 Å². The fraction of sp³-hybridized carbons (Fsp3) is 0.158.